The molecule has 2 saturated carbocycles. The van der Waals surface area contributed by atoms with Crippen molar-refractivity contribution in [3.8, 4) is 0 Å². The summed E-state index contributed by atoms with van der Waals surface area (Å²) in [6.45, 7) is 0. The van der Waals surface area contributed by atoms with Gasteiger partial charge in [-0.05, 0) is 63.6 Å². The number of thiocarbonyl (C=S) groups is 1. The lowest BCUT2D eigenvalue weighted by Gasteiger charge is -2.24. The number of ether oxygens (including phenoxy) is 2. The van der Waals surface area contributed by atoms with Gasteiger partial charge in [0.05, 0.1) is 0 Å². The van der Waals surface area contributed by atoms with Crippen molar-refractivity contribution in [2.24, 2.45) is 0 Å². The lowest BCUT2D eigenvalue weighted by Crippen LogP contribution is -2.37. The standard InChI is InChI=1S/C14H23NO3S/c16-13(17-11-7-3-1-4-8-11)15-14(19)18-12-9-5-2-6-10-12/h11-12H,1-10H2,(H,15,16,19). The maximum atomic E-state index is 11.7. The molecule has 1 N–H and O–H groups in total. The number of nitrogens with one attached hydrogen (secondary N) is 1. The Bertz CT molecular complexity index is 280. The first kappa shape index (κ1) is 14.6. The van der Waals surface area contributed by atoms with Gasteiger partial charge in [0.1, 0.15) is 12.2 Å². The molecule has 4 nitrogen and oxygen atoms in total. The Kier molecular flexibility index (Phi) is 5.89. The minimum absolute atomic E-state index is 0.0474. The van der Waals surface area contributed by atoms with Crippen LogP contribution in [0.15, 0.2) is 0 Å². The van der Waals surface area contributed by atoms with Crippen LogP contribution in [0.3, 0.4) is 0 Å². The van der Waals surface area contributed by atoms with Crippen molar-refractivity contribution < 1.29 is 14.3 Å². The van der Waals surface area contributed by atoms with Gasteiger partial charge in [-0.3, -0.25) is 5.32 Å². The lowest BCUT2D eigenvalue weighted by molar-refractivity contribution is 0.0754. The number of amides is 1. The summed E-state index contributed by atoms with van der Waals surface area (Å²) in [4.78, 5) is 11.7. The van der Waals surface area contributed by atoms with E-state index < -0.39 is 6.09 Å². The monoisotopic (exact) mass is 285 g/mol. The van der Waals surface area contributed by atoms with Crippen LogP contribution in [0.2, 0.25) is 0 Å². The zero-order valence-electron chi connectivity index (χ0n) is 11.4. The molecule has 0 aromatic carbocycles. The van der Waals surface area contributed by atoms with Gasteiger partial charge in [-0.15, -0.1) is 0 Å². The van der Waals surface area contributed by atoms with E-state index >= 15 is 0 Å². The number of rotatable bonds is 2. The van der Waals surface area contributed by atoms with Crippen LogP contribution in [0.1, 0.15) is 64.2 Å². The van der Waals surface area contributed by atoms with E-state index in [9.17, 15) is 4.79 Å². The van der Waals surface area contributed by atoms with Gasteiger partial charge in [-0.2, -0.15) is 0 Å². The molecule has 2 rings (SSSR count). The summed E-state index contributed by atoms with van der Waals surface area (Å²) in [7, 11) is 0. The smallest absolute Gasteiger partial charge is 0.414 e. The maximum absolute atomic E-state index is 11.7. The molecular formula is C14H23NO3S. The SMILES string of the molecule is O=C(NC(=S)OC1CCCCC1)OC1CCCCC1. The van der Waals surface area contributed by atoms with Crippen molar-refractivity contribution in [3.63, 3.8) is 0 Å². The van der Waals surface area contributed by atoms with Gasteiger partial charge in [-0.25, -0.2) is 4.79 Å². The molecule has 2 fully saturated rings. The van der Waals surface area contributed by atoms with Crippen LogP contribution in [-0.4, -0.2) is 23.5 Å². The summed E-state index contributed by atoms with van der Waals surface area (Å²) >= 11 is 5.04. The minimum Gasteiger partial charge on any atom is -0.467 e. The molecule has 0 unspecified atom stereocenters. The van der Waals surface area contributed by atoms with E-state index in [0.29, 0.717) is 0 Å². The highest BCUT2D eigenvalue weighted by atomic mass is 32.1. The van der Waals surface area contributed by atoms with Crippen molar-refractivity contribution in [2.45, 2.75) is 76.4 Å². The molecule has 19 heavy (non-hydrogen) atoms. The number of hydrogen-bond acceptors (Lipinski definition) is 4. The second-order valence-electron chi connectivity index (χ2n) is 5.46. The number of carbonyl (C=O) groups is 1. The van der Waals surface area contributed by atoms with E-state index in [1.807, 2.05) is 0 Å². The third-order valence-electron chi connectivity index (χ3n) is 3.86. The number of carbonyl (C=O) groups excluding carboxylic acids is 1. The average Bonchev–Trinajstić information content (AvgIpc) is 2.40. The molecule has 0 radical (unpaired) electrons. The highest BCUT2D eigenvalue weighted by molar-refractivity contribution is 7.80. The Hall–Kier alpha value is -0.840. The van der Waals surface area contributed by atoms with Gasteiger partial charge in [-0.1, -0.05) is 12.8 Å². The summed E-state index contributed by atoms with van der Waals surface area (Å²) < 4.78 is 10.9. The largest absolute Gasteiger partial charge is 0.467 e. The van der Waals surface area contributed by atoms with E-state index in [1.54, 1.807) is 0 Å². The summed E-state index contributed by atoms with van der Waals surface area (Å²) in [5, 5.41) is 2.68. The van der Waals surface area contributed by atoms with E-state index in [4.69, 9.17) is 21.7 Å². The van der Waals surface area contributed by atoms with Crippen LogP contribution in [0.5, 0.6) is 0 Å². The molecule has 2 aliphatic carbocycles. The van der Waals surface area contributed by atoms with Crippen molar-refractivity contribution in [3.05, 3.63) is 0 Å². The second kappa shape index (κ2) is 7.68. The predicted molar refractivity (Wildman–Crippen MR) is 77.0 cm³/mol. The Morgan fingerprint density at radius 2 is 1.32 bits per heavy atom. The topological polar surface area (TPSA) is 47.6 Å². The molecule has 1 amide bonds. The van der Waals surface area contributed by atoms with Gasteiger partial charge < -0.3 is 9.47 Å². The summed E-state index contributed by atoms with van der Waals surface area (Å²) in [6, 6.07) is 0. The molecule has 0 saturated heterocycles. The first-order valence-corrected chi connectivity index (χ1v) is 7.83. The molecule has 0 heterocycles. The highest BCUT2D eigenvalue weighted by Crippen LogP contribution is 2.21. The third-order valence-corrected chi connectivity index (χ3v) is 4.05. The summed E-state index contributed by atoms with van der Waals surface area (Å²) in [6.07, 6.45) is 10.9. The van der Waals surface area contributed by atoms with Crippen LogP contribution in [0.25, 0.3) is 0 Å². The summed E-state index contributed by atoms with van der Waals surface area (Å²) in [5.74, 6) is 0. The van der Waals surface area contributed by atoms with E-state index in [2.05, 4.69) is 5.32 Å². The van der Waals surface area contributed by atoms with Crippen molar-refractivity contribution in [1.29, 1.82) is 0 Å². The average molecular weight is 285 g/mol. The normalized spacial score (nSPS) is 21.7. The molecule has 0 spiro atoms. The van der Waals surface area contributed by atoms with Gasteiger partial charge in [0.25, 0.3) is 5.17 Å². The fourth-order valence-electron chi connectivity index (χ4n) is 2.81. The fraction of sp³-hybridized carbons (Fsp3) is 0.857. The molecular weight excluding hydrogens is 262 g/mol. The van der Waals surface area contributed by atoms with Crippen molar-refractivity contribution in [2.75, 3.05) is 0 Å². The van der Waals surface area contributed by atoms with E-state index in [-0.39, 0.29) is 17.4 Å². The highest BCUT2D eigenvalue weighted by Gasteiger charge is 2.20. The quantitative estimate of drug-likeness (QED) is 0.786. The lowest BCUT2D eigenvalue weighted by atomic mass is 9.98. The molecule has 2 aliphatic rings. The molecule has 0 aromatic heterocycles. The number of hydrogen-bond donors (Lipinski definition) is 1. The van der Waals surface area contributed by atoms with Crippen molar-refractivity contribution in [1.82, 2.24) is 5.32 Å². The molecule has 0 bridgehead atoms. The first-order valence-electron chi connectivity index (χ1n) is 7.42. The zero-order valence-corrected chi connectivity index (χ0v) is 12.2. The van der Waals surface area contributed by atoms with Gasteiger partial charge in [0.15, 0.2) is 0 Å². The van der Waals surface area contributed by atoms with Crippen LogP contribution in [0.4, 0.5) is 4.79 Å². The Labute approximate surface area is 120 Å². The molecule has 108 valence electrons. The van der Waals surface area contributed by atoms with Gasteiger partial charge in [0.2, 0.25) is 0 Å². The van der Waals surface area contributed by atoms with Crippen LogP contribution in [-0.2, 0) is 9.47 Å². The minimum atomic E-state index is -0.465. The predicted octanol–water partition coefficient (Wildman–Crippen LogP) is 3.68. The van der Waals surface area contributed by atoms with Gasteiger partial charge in [0, 0.05) is 0 Å². The maximum Gasteiger partial charge on any atom is 0.414 e. The van der Waals surface area contributed by atoms with Gasteiger partial charge >= 0.3 is 6.09 Å². The van der Waals surface area contributed by atoms with E-state index in [0.717, 1.165) is 38.5 Å². The molecule has 0 aromatic rings. The summed E-state index contributed by atoms with van der Waals surface area (Å²) in [5.41, 5.74) is 0. The Balaban J connectivity index is 1.64. The number of alkyl carbamates (subject to hydrolysis) is 1. The van der Waals surface area contributed by atoms with E-state index in [1.165, 1.54) is 25.7 Å². The fourth-order valence-corrected chi connectivity index (χ4v) is 3.03. The Morgan fingerprint density at radius 1 is 0.842 bits per heavy atom. The van der Waals surface area contributed by atoms with Crippen LogP contribution >= 0.6 is 12.2 Å². The first-order chi connectivity index (χ1) is 9.24. The zero-order chi connectivity index (χ0) is 13.5. The third kappa shape index (κ3) is 5.35. The molecule has 0 aliphatic heterocycles. The van der Waals surface area contributed by atoms with Crippen LogP contribution in [0, 0.1) is 0 Å². The molecule has 5 heteroatoms. The molecule has 0 atom stereocenters. The second-order valence-corrected chi connectivity index (χ2v) is 5.83. The van der Waals surface area contributed by atoms with Crippen molar-refractivity contribution >= 4 is 23.5 Å². The van der Waals surface area contributed by atoms with Crippen LogP contribution < -0.4 is 5.32 Å². The Morgan fingerprint density at radius 3 is 1.84 bits per heavy atom.